The minimum absolute atomic E-state index is 0.0256. The molecule has 168 valence electrons. The number of anilines is 2. The molecule has 0 aliphatic carbocycles. The van der Waals surface area contributed by atoms with Gasteiger partial charge in [-0.1, -0.05) is 62.7 Å². The molecule has 0 bridgehead atoms. The van der Waals surface area contributed by atoms with Crippen LogP contribution in [0.4, 0.5) is 11.4 Å². The second-order valence-corrected chi connectivity index (χ2v) is 9.21. The van der Waals surface area contributed by atoms with Crippen molar-refractivity contribution in [1.29, 1.82) is 0 Å². The minimum atomic E-state index is -0.380. The molecular weight excluding hydrogens is 412 g/mol. The zero-order valence-electron chi connectivity index (χ0n) is 19.6. The Hall–Kier alpha value is -3.86. The van der Waals surface area contributed by atoms with Crippen LogP contribution in [0.1, 0.15) is 37.5 Å². The Labute approximate surface area is 194 Å². The molecule has 5 nitrogen and oxygen atoms in total. The third-order valence-electron chi connectivity index (χ3n) is 5.78. The van der Waals surface area contributed by atoms with Crippen molar-refractivity contribution in [3.05, 3.63) is 95.2 Å². The molecule has 0 atom stereocenters. The maximum atomic E-state index is 13.6. The average molecular weight is 441 g/mol. The number of rotatable bonds is 5. The van der Waals surface area contributed by atoms with E-state index in [2.05, 4.69) is 26.1 Å². The highest BCUT2D eigenvalue weighted by molar-refractivity contribution is 6.46. The van der Waals surface area contributed by atoms with Gasteiger partial charge in [0.15, 0.2) is 0 Å². The van der Waals surface area contributed by atoms with Crippen molar-refractivity contribution in [3.63, 3.8) is 0 Å². The summed E-state index contributed by atoms with van der Waals surface area (Å²) in [7, 11) is 1.59. The SMILES string of the molecule is COc1ccc(C2=C(Nc3ccc(C)cc3)C(=O)N(c3ccc(C(C)(C)C)cc3)C2=O)cc1. The Morgan fingerprint density at radius 2 is 1.39 bits per heavy atom. The van der Waals surface area contributed by atoms with Gasteiger partial charge in [-0.2, -0.15) is 0 Å². The lowest BCUT2D eigenvalue weighted by atomic mass is 9.87. The number of hydrogen-bond donors (Lipinski definition) is 1. The Morgan fingerprint density at radius 3 is 1.94 bits per heavy atom. The molecule has 5 heteroatoms. The average Bonchev–Trinajstić information content (AvgIpc) is 3.04. The number of ether oxygens (including phenoxy) is 1. The minimum Gasteiger partial charge on any atom is -0.497 e. The van der Waals surface area contributed by atoms with Crippen LogP contribution in [0.15, 0.2) is 78.5 Å². The molecule has 0 aromatic heterocycles. The fourth-order valence-electron chi connectivity index (χ4n) is 3.80. The number of nitrogens with one attached hydrogen (secondary N) is 1. The summed E-state index contributed by atoms with van der Waals surface area (Å²) in [6.45, 7) is 8.38. The van der Waals surface area contributed by atoms with E-state index in [-0.39, 0.29) is 22.9 Å². The molecule has 1 heterocycles. The van der Waals surface area contributed by atoms with Crippen LogP contribution in [0, 0.1) is 6.92 Å². The third-order valence-corrected chi connectivity index (χ3v) is 5.78. The van der Waals surface area contributed by atoms with E-state index < -0.39 is 0 Å². The first-order chi connectivity index (χ1) is 15.7. The highest BCUT2D eigenvalue weighted by Crippen LogP contribution is 2.35. The topological polar surface area (TPSA) is 58.6 Å². The quantitative estimate of drug-likeness (QED) is 0.517. The Bertz CT molecular complexity index is 1220. The number of nitrogens with zero attached hydrogens (tertiary/aromatic N) is 1. The lowest BCUT2D eigenvalue weighted by Gasteiger charge is -2.21. The van der Waals surface area contributed by atoms with Crippen LogP contribution in [0.25, 0.3) is 5.57 Å². The van der Waals surface area contributed by atoms with E-state index in [0.29, 0.717) is 22.6 Å². The van der Waals surface area contributed by atoms with Crippen LogP contribution in [0.2, 0.25) is 0 Å². The Balaban J connectivity index is 1.77. The molecule has 1 aliphatic heterocycles. The van der Waals surface area contributed by atoms with E-state index in [1.54, 1.807) is 31.4 Å². The van der Waals surface area contributed by atoms with Crippen molar-refractivity contribution < 1.29 is 14.3 Å². The van der Waals surface area contributed by atoms with Crippen LogP contribution in [0.5, 0.6) is 5.75 Å². The summed E-state index contributed by atoms with van der Waals surface area (Å²) in [5.74, 6) is -0.0584. The molecule has 0 saturated carbocycles. The predicted molar refractivity (Wildman–Crippen MR) is 132 cm³/mol. The molecule has 0 saturated heterocycles. The summed E-state index contributed by atoms with van der Waals surface area (Å²) in [4.78, 5) is 28.4. The summed E-state index contributed by atoms with van der Waals surface area (Å²) in [6, 6.07) is 22.5. The number of hydrogen-bond acceptors (Lipinski definition) is 4. The van der Waals surface area contributed by atoms with Gasteiger partial charge in [-0.15, -0.1) is 0 Å². The van der Waals surface area contributed by atoms with Gasteiger partial charge in [-0.3, -0.25) is 9.59 Å². The summed E-state index contributed by atoms with van der Waals surface area (Å²) in [5.41, 5.74) is 4.75. The summed E-state index contributed by atoms with van der Waals surface area (Å²) < 4.78 is 5.25. The highest BCUT2D eigenvalue weighted by atomic mass is 16.5. The number of benzene rings is 3. The number of carbonyl (C=O) groups is 2. The molecule has 33 heavy (non-hydrogen) atoms. The Kier molecular flexibility index (Phi) is 5.81. The summed E-state index contributed by atoms with van der Waals surface area (Å²) in [6.07, 6.45) is 0. The third kappa shape index (κ3) is 4.40. The van der Waals surface area contributed by atoms with Crippen molar-refractivity contribution in [2.45, 2.75) is 33.1 Å². The molecule has 2 amide bonds. The van der Waals surface area contributed by atoms with Gasteiger partial charge in [0.2, 0.25) is 0 Å². The number of amides is 2. The van der Waals surface area contributed by atoms with Crippen LogP contribution < -0.4 is 15.0 Å². The van der Waals surface area contributed by atoms with Crippen molar-refractivity contribution in [3.8, 4) is 5.75 Å². The van der Waals surface area contributed by atoms with Gasteiger partial charge < -0.3 is 10.1 Å². The fourth-order valence-corrected chi connectivity index (χ4v) is 3.80. The number of imide groups is 1. The maximum Gasteiger partial charge on any atom is 0.282 e. The molecular formula is C28H28N2O3. The van der Waals surface area contributed by atoms with Gasteiger partial charge in [0.25, 0.3) is 11.8 Å². The van der Waals surface area contributed by atoms with Crippen LogP contribution >= 0.6 is 0 Å². The van der Waals surface area contributed by atoms with Gasteiger partial charge in [0.1, 0.15) is 11.4 Å². The van der Waals surface area contributed by atoms with Crippen LogP contribution in [-0.4, -0.2) is 18.9 Å². The smallest absolute Gasteiger partial charge is 0.282 e. The summed E-state index contributed by atoms with van der Waals surface area (Å²) in [5, 5.41) is 3.20. The predicted octanol–water partition coefficient (Wildman–Crippen LogP) is 5.70. The van der Waals surface area contributed by atoms with Crippen molar-refractivity contribution in [1.82, 2.24) is 0 Å². The highest BCUT2D eigenvalue weighted by Gasteiger charge is 2.40. The standard InChI is InChI=1S/C28H28N2O3/c1-18-6-12-21(13-7-18)29-25-24(19-8-16-23(33-5)17-9-19)26(31)30(27(25)32)22-14-10-20(11-15-22)28(2,3)4/h6-17,29H,1-5H3. The second kappa shape index (κ2) is 8.58. The normalized spacial score (nSPS) is 14.2. The molecule has 1 N–H and O–H groups in total. The second-order valence-electron chi connectivity index (χ2n) is 9.21. The first-order valence-electron chi connectivity index (χ1n) is 10.9. The van der Waals surface area contributed by atoms with Gasteiger partial charge in [0.05, 0.1) is 18.4 Å². The van der Waals surface area contributed by atoms with Gasteiger partial charge in [-0.05, 0) is 59.9 Å². The molecule has 4 rings (SSSR count). The van der Waals surface area contributed by atoms with Gasteiger partial charge in [-0.25, -0.2) is 4.90 Å². The lowest BCUT2D eigenvalue weighted by molar-refractivity contribution is -0.120. The fraction of sp³-hybridized carbons (Fsp3) is 0.214. The van der Waals surface area contributed by atoms with E-state index in [9.17, 15) is 9.59 Å². The number of aryl methyl sites for hydroxylation is 1. The van der Waals surface area contributed by atoms with E-state index in [0.717, 1.165) is 16.8 Å². The van der Waals surface area contributed by atoms with Crippen molar-refractivity contribution in [2.75, 3.05) is 17.3 Å². The maximum absolute atomic E-state index is 13.6. The van der Waals surface area contributed by atoms with E-state index in [1.165, 1.54) is 4.90 Å². The first-order valence-corrected chi connectivity index (χ1v) is 10.9. The van der Waals surface area contributed by atoms with Crippen LogP contribution in [0.3, 0.4) is 0 Å². The molecule has 0 fully saturated rings. The molecule has 3 aromatic carbocycles. The molecule has 0 unspecified atom stereocenters. The largest absolute Gasteiger partial charge is 0.497 e. The molecule has 0 radical (unpaired) electrons. The zero-order chi connectivity index (χ0) is 23.8. The van der Waals surface area contributed by atoms with E-state index in [1.807, 2.05) is 55.5 Å². The van der Waals surface area contributed by atoms with Gasteiger partial charge >= 0.3 is 0 Å². The van der Waals surface area contributed by atoms with E-state index in [4.69, 9.17) is 4.74 Å². The first kappa shape index (κ1) is 22.3. The van der Waals surface area contributed by atoms with Crippen molar-refractivity contribution >= 4 is 28.8 Å². The molecule has 3 aromatic rings. The zero-order valence-corrected chi connectivity index (χ0v) is 19.6. The van der Waals surface area contributed by atoms with Crippen LogP contribution in [-0.2, 0) is 15.0 Å². The monoisotopic (exact) mass is 440 g/mol. The lowest BCUT2D eigenvalue weighted by Crippen LogP contribution is -2.32. The molecule has 0 spiro atoms. The summed E-state index contributed by atoms with van der Waals surface area (Å²) >= 11 is 0. The molecule has 1 aliphatic rings. The van der Waals surface area contributed by atoms with E-state index >= 15 is 0 Å². The number of carbonyl (C=O) groups excluding carboxylic acids is 2. The Morgan fingerprint density at radius 1 is 0.788 bits per heavy atom. The van der Waals surface area contributed by atoms with Crippen molar-refractivity contribution in [2.24, 2.45) is 0 Å². The van der Waals surface area contributed by atoms with Gasteiger partial charge in [0, 0.05) is 5.69 Å². The number of methoxy groups -OCH3 is 1.